The number of aromatic amines is 1. The van der Waals surface area contributed by atoms with E-state index in [1.165, 1.54) is 0 Å². The highest BCUT2D eigenvalue weighted by molar-refractivity contribution is 5.79. The van der Waals surface area contributed by atoms with Gasteiger partial charge in [-0.3, -0.25) is 0 Å². The Labute approximate surface area is 92.4 Å². The number of imidazole rings is 1. The van der Waals surface area contributed by atoms with Crippen LogP contribution in [0.2, 0.25) is 0 Å². The second-order valence-electron chi connectivity index (χ2n) is 4.19. The lowest BCUT2D eigenvalue weighted by Crippen LogP contribution is -2.32. The van der Waals surface area contributed by atoms with Crippen molar-refractivity contribution in [2.45, 2.75) is 24.8 Å². The van der Waals surface area contributed by atoms with Gasteiger partial charge in [0.05, 0.1) is 17.4 Å². The predicted octanol–water partition coefficient (Wildman–Crippen LogP) is 2.28. The Kier molecular flexibility index (Phi) is 1.91. The van der Waals surface area contributed by atoms with Gasteiger partial charge in [-0.1, -0.05) is 12.1 Å². The van der Waals surface area contributed by atoms with Crippen molar-refractivity contribution in [3.63, 3.8) is 0 Å². The maximum absolute atomic E-state index is 10.5. The number of isocyanates is 1. The van der Waals surface area contributed by atoms with Gasteiger partial charge in [0.15, 0.2) is 0 Å². The summed E-state index contributed by atoms with van der Waals surface area (Å²) in [6, 6.07) is 5.95. The van der Waals surface area contributed by atoms with Gasteiger partial charge in [-0.15, -0.1) is 0 Å². The van der Waals surface area contributed by atoms with E-state index in [1.807, 2.05) is 18.2 Å². The highest BCUT2D eigenvalue weighted by atomic mass is 16.1. The first-order valence-corrected chi connectivity index (χ1v) is 5.37. The van der Waals surface area contributed by atoms with Crippen molar-refractivity contribution >= 4 is 17.1 Å². The van der Waals surface area contributed by atoms with Gasteiger partial charge in [-0.2, -0.15) is 4.99 Å². The van der Waals surface area contributed by atoms with E-state index in [0.717, 1.165) is 35.9 Å². The molecular weight excluding hydrogens is 202 g/mol. The van der Waals surface area contributed by atoms with Crippen LogP contribution in [0.15, 0.2) is 29.5 Å². The predicted molar refractivity (Wildman–Crippen MR) is 59.7 cm³/mol. The monoisotopic (exact) mass is 213 g/mol. The van der Waals surface area contributed by atoms with Gasteiger partial charge < -0.3 is 4.98 Å². The minimum absolute atomic E-state index is 0.365. The summed E-state index contributed by atoms with van der Waals surface area (Å²) < 4.78 is 0. The summed E-state index contributed by atoms with van der Waals surface area (Å²) in [6.45, 7) is 0. The number of nitrogens with one attached hydrogen (secondary N) is 1. The first-order chi connectivity index (χ1) is 7.86. The van der Waals surface area contributed by atoms with Crippen molar-refractivity contribution in [3.05, 3.63) is 30.1 Å². The van der Waals surface area contributed by atoms with E-state index in [2.05, 4.69) is 15.0 Å². The number of aliphatic imine (C=N–C) groups is 1. The SMILES string of the molecule is O=C=NC1(c2cccc3[nH]cnc23)CCC1. The molecule has 1 heterocycles. The van der Waals surface area contributed by atoms with Gasteiger partial charge >= 0.3 is 0 Å². The summed E-state index contributed by atoms with van der Waals surface area (Å²) in [4.78, 5) is 21.9. The fourth-order valence-electron chi connectivity index (χ4n) is 2.38. The lowest BCUT2D eigenvalue weighted by Gasteiger charge is -2.37. The Bertz CT molecular complexity index is 577. The quantitative estimate of drug-likeness (QED) is 0.614. The van der Waals surface area contributed by atoms with E-state index in [1.54, 1.807) is 12.4 Å². The van der Waals surface area contributed by atoms with E-state index < -0.39 is 0 Å². The van der Waals surface area contributed by atoms with Gasteiger partial charge in [0.25, 0.3) is 0 Å². The zero-order chi connectivity index (χ0) is 11.0. The Hall–Kier alpha value is -1.93. The molecule has 0 aliphatic heterocycles. The molecule has 1 aliphatic rings. The minimum atomic E-state index is -0.365. The first kappa shape index (κ1) is 9.31. The van der Waals surface area contributed by atoms with Crippen LogP contribution in [0.5, 0.6) is 0 Å². The van der Waals surface area contributed by atoms with Crippen LogP contribution >= 0.6 is 0 Å². The normalized spacial score (nSPS) is 17.8. The molecule has 4 nitrogen and oxygen atoms in total. The Morgan fingerprint density at radius 2 is 2.31 bits per heavy atom. The lowest BCUT2D eigenvalue weighted by molar-refractivity contribution is 0.258. The molecule has 1 aromatic heterocycles. The number of carbonyl (C=O) groups excluding carboxylic acids is 1. The Morgan fingerprint density at radius 3 is 3.00 bits per heavy atom. The fourth-order valence-corrected chi connectivity index (χ4v) is 2.38. The number of fused-ring (bicyclic) bond motifs is 1. The highest BCUT2D eigenvalue weighted by Crippen LogP contribution is 2.46. The van der Waals surface area contributed by atoms with Crippen LogP contribution in [0.3, 0.4) is 0 Å². The Balaban J connectivity index is 2.24. The van der Waals surface area contributed by atoms with Gasteiger partial charge in [-0.05, 0) is 25.3 Å². The molecule has 0 atom stereocenters. The molecule has 0 spiro atoms. The van der Waals surface area contributed by atoms with Crippen molar-refractivity contribution in [1.29, 1.82) is 0 Å². The maximum Gasteiger partial charge on any atom is 0.235 e. The number of nitrogens with zero attached hydrogens (tertiary/aromatic N) is 2. The lowest BCUT2D eigenvalue weighted by atomic mass is 9.72. The molecule has 4 heteroatoms. The van der Waals surface area contributed by atoms with Crippen LogP contribution in [0.1, 0.15) is 24.8 Å². The molecule has 0 radical (unpaired) electrons. The van der Waals surface area contributed by atoms with E-state index in [4.69, 9.17) is 0 Å². The third-order valence-electron chi connectivity index (χ3n) is 3.39. The van der Waals surface area contributed by atoms with Crippen LogP contribution in [-0.4, -0.2) is 16.0 Å². The van der Waals surface area contributed by atoms with Crippen LogP contribution in [0, 0.1) is 0 Å². The summed E-state index contributed by atoms with van der Waals surface area (Å²) in [6.07, 6.45) is 6.30. The zero-order valence-corrected chi connectivity index (χ0v) is 8.73. The number of rotatable bonds is 2. The smallest absolute Gasteiger partial charge is 0.235 e. The van der Waals surface area contributed by atoms with Crippen molar-refractivity contribution < 1.29 is 4.79 Å². The molecule has 80 valence electrons. The average Bonchev–Trinajstić information content (AvgIpc) is 2.71. The molecule has 1 aromatic carbocycles. The Morgan fingerprint density at radius 1 is 1.44 bits per heavy atom. The van der Waals surface area contributed by atoms with E-state index in [0.29, 0.717) is 0 Å². The van der Waals surface area contributed by atoms with Crippen molar-refractivity contribution in [1.82, 2.24) is 9.97 Å². The van der Waals surface area contributed by atoms with Gasteiger partial charge in [0.1, 0.15) is 5.54 Å². The fraction of sp³-hybridized carbons (Fsp3) is 0.333. The number of para-hydroxylation sites is 1. The molecule has 0 saturated heterocycles. The van der Waals surface area contributed by atoms with Gasteiger partial charge in [-0.25, -0.2) is 9.78 Å². The largest absolute Gasteiger partial charge is 0.345 e. The van der Waals surface area contributed by atoms with Gasteiger partial charge in [0, 0.05) is 5.56 Å². The van der Waals surface area contributed by atoms with Crippen LogP contribution in [0.25, 0.3) is 11.0 Å². The molecule has 1 fully saturated rings. The second-order valence-corrected chi connectivity index (χ2v) is 4.19. The highest BCUT2D eigenvalue weighted by Gasteiger charge is 2.40. The third kappa shape index (κ3) is 1.14. The molecule has 2 aromatic rings. The molecular formula is C12H11N3O. The third-order valence-corrected chi connectivity index (χ3v) is 3.39. The topological polar surface area (TPSA) is 58.1 Å². The molecule has 1 N–H and O–H groups in total. The zero-order valence-electron chi connectivity index (χ0n) is 8.73. The number of hydrogen-bond acceptors (Lipinski definition) is 3. The number of benzene rings is 1. The molecule has 1 aliphatic carbocycles. The number of H-pyrrole nitrogens is 1. The molecule has 1 saturated carbocycles. The number of hydrogen-bond donors (Lipinski definition) is 1. The molecule has 16 heavy (non-hydrogen) atoms. The summed E-state index contributed by atoms with van der Waals surface area (Å²) >= 11 is 0. The summed E-state index contributed by atoms with van der Waals surface area (Å²) in [5, 5.41) is 0. The maximum atomic E-state index is 10.5. The summed E-state index contributed by atoms with van der Waals surface area (Å²) in [5.74, 6) is 0. The molecule has 3 rings (SSSR count). The van der Waals surface area contributed by atoms with E-state index in [9.17, 15) is 4.79 Å². The van der Waals surface area contributed by atoms with E-state index >= 15 is 0 Å². The van der Waals surface area contributed by atoms with Crippen molar-refractivity contribution in [3.8, 4) is 0 Å². The summed E-state index contributed by atoms with van der Waals surface area (Å²) in [5.41, 5.74) is 2.59. The molecule has 0 bridgehead atoms. The number of aromatic nitrogens is 2. The van der Waals surface area contributed by atoms with Crippen LogP contribution in [0.4, 0.5) is 0 Å². The van der Waals surface area contributed by atoms with E-state index in [-0.39, 0.29) is 5.54 Å². The van der Waals surface area contributed by atoms with Crippen molar-refractivity contribution in [2.24, 2.45) is 4.99 Å². The standard InChI is InChI=1S/C12H11N3O/c16-8-15-12(5-2-6-12)9-3-1-4-10-11(9)14-7-13-10/h1,3-4,7H,2,5-6H2,(H,13,14). The first-order valence-electron chi connectivity index (χ1n) is 5.37. The molecule has 0 unspecified atom stereocenters. The van der Waals surface area contributed by atoms with Gasteiger partial charge in [0.2, 0.25) is 6.08 Å². The summed E-state index contributed by atoms with van der Waals surface area (Å²) in [7, 11) is 0. The van der Waals surface area contributed by atoms with Crippen LogP contribution in [-0.2, 0) is 10.3 Å². The second kappa shape index (κ2) is 3.29. The molecule has 0 amide bonds. The van der Waals surface area contributed by atoms with Crippen LogP contribution < -0.4 is 0 Å². The average molecular weight is 213 g/mol. The minimum Gasteiger partial charge on any atom is -0.345 e. The van der Waals surface area contributed by atoms with Crippen molar-refractivity contribution in [2.75, 3.05) is 0 Å².